The van der Waals surface area contributed by atoms with Crippen LogP contribution in [0.2, 0.25) is 0 Å². The molecule has 0 aromatic carbocycles. The molecule has 7 nitrogen and oxygen atoms in total. The summed E-state index contributed by atoms with van der Waals surface area (Å²) in [5.74, 6) is -0.341. The fourth-order valence-electron chi connectivity index (χ4n) is 1.69. The van der Waals surface area contributed by atoms with Crippen LogP contribution in [0.3, 0.4) is 0 Å². The second kappa shape index (κ2) is 5.96. The number of hydrogen-bond acceptors (Lipinski definition) is 4. The zero-order chi connectivity index (χ0) is 14.5. The average Bonchev–Trinajstić information content (AvgIpc) is 2.77. The first-order valence-corrected chi connectivity index (χ1v) is 6.07. The zero-order valence-corrected chi connectivity index (χ0v) is 11.2. The Morgan fingerprint density at radius 2 is 2.05 bits per heavy atom. The van der Waals surface area contributed by atoms with Gasteiger partial charge in [-0.05, 0) is 26.0 Å². The summed E-state index contributed by atoms with van der Waals surface area (Å²) in [6.07, 6.45) is 3.29. The first-order valence-electron chi connectivity index (χ1n) is 6.07. The van der Waals surface area contributed by atoms with Crippen LogP contribution in [0.15, 0.2) is 34.4 Å². The second-order valence-corrected chi connectivity index (χ2v) is 4.33. The van der Waals surface area contributed by atoms with Gasteiger partial charge in [-0.2, -0.15) is 5.10 Å². The standard InChI is InChI=1S/C13H15N5O2/c1-8(10-3-5-14-6-4-10)15-17-12(19)7-11-9(2)16-18-13(11)20/h3-6H,7H2,1-2H3,(H,17,19)(H2,16,18,20)/b15-8+. The first kappa shape index (κ1) is 13.7. The first-order chi connectivity index (χ1) is 9.58. The third-order valence-electron chi connectivity index (χ3n) is 2.87. The summed E-state index contributed by atoms with van der Waals surface area (Å²) in [7, 11) is 0. The summed E-state index contributed by atoms with van der Waals surface area (Å²) in [6.45, 7) is 3.51. The van der Waals surface area contributed by atoms with Crippen molar-refractivity contribution in [2.24, 2.45) is 5.10 Å². The van der Waals surface area contributed by atoms with E-state index in [2.05, 4.69) is 25.7 Å². The summed E-state index contributed by atoms with van der Waals surface area (Å²) < 4.78 is 0. The van der Waals surface area contributed by atoms with Crippen LogP contribution >= 0.6 is 0 Å². The molecule has 0 aliphatic heterocycles. The van der Waals surface area contributed by atoms with Crippen molar-refractivity contribution in [1.29, 1.82) is 0 Å². The molecule has 0 bridgehead atoms. The highest BCUT2D eigenvalue weighted by Gasteiger charge is 2.11. The van der Waals surface area contributed by atoms with Crippen molar-refractivity contribution in [1.82, 2.24) is 20.6 Å². The summed E-state index contributed by atoms with van der Waals surface area (Å²) in [6, 6.07) is 3.60. The van der Waals surface area contributed by atoms with Crippen molar-refractivity contribution in [3.05, 3.63) is 51.7 Å². The van der Waals surface area contributed by atoms with Crippen molar-refractivity contribution in [2.45, 2.75) is 20.3 Å². The molecule has 0 radical (unpaired) electrons. The minimum Gasteiger partial charge on any atom is -0.302 e. The van der Waals surface area contributed by atoms with Crippen LogP contribution in [-0.4, -0.2) is 26.8 Å². The van der Waals surface area contributed by atoms with Crippen molar-refractivity contribution in [2.75, 3.05) is 0 Å². The maximum Gasteiger partial charge on any atom is 0.267 e. The maximum absolute atomic E-state index is 11.8. The summed E-state index contributed by atoms with van der Waals surface area (Å²) in [4.78, 5) is 27.1. The molecule has 2 aromatic rings. The minimum absolute atomic E-state index is 0.0161. The van der Waals surface area contributed by atoms with Crippen LogP contribution in [0.25, 0.3) is 0 Å². The van der Waals surface area contributed by atoms with Crippen LogP contribution < -0.4 is 11.0 Å². The molecule has 2 heterocycles. The fraction of sp³-hybridized carbons (Fsp3) is 0.231. The van der Waals surface area contributed by atoms with E-state index in [4.69, 9.17) is 0 Å². The van der Waals surface area contributed by atoms with Gasteiger partial charge in [0.15, 0.2) is 0 Å². The lowest BCUT2D eigenvalue weighted by Gasteiger charge is -2.02. The Hall–Kier alpha value is -2.70. The number of aromatic nitrogens is 3. The molecule has 0 saturated heterocycles. The monoisotopic (exact) mass is 273 g/mol. The van der Waals surface area contributed by atoms with E-state index in [-0.39, 0.29) is 17.9 Å². The Kier molecular flexibility index (Phi) is 4.09. The van der Waals surface area contributed by atoms with Crippen molar-refractivity contribution < 1.29 is 4.79 Å². The number of amides is 1. The Labute approximate surface area is 115 Å². The summed E-state index contributed by atoms with van der Waals surface area (Å²) in [5.41, 5.74) is 4.76. The van der Waals surface area contributed by atoms with Gasteiger partial charge < -0.3 is 5.10 Å². The molecule has 104 valence electrons. The van der Waals surface area contributed by atoms with E-state index in [1.807, 2.05) is 0 Å². The molecule has 2 rings (SSSR count). The lowest BCUT2D eigenvalue weighted by Crippen LogP contribution is -2.24. The van der Waals surface area contributed by atoms with Gasteiger partial charge in [0.2, 0.25) is 5.91 Å². The van der Waals surface area contributed by atoms with Gasteiger partial charge in [0, 0.05) is 29.2 Å². The van der Waals surface area contributed by atoms with E-state index in [0.717, 1.165) is 5.56 Å². The number of aromatic amines is 2. The highest BCUT2D eigenvalue weighted by molar-refractivity contribution is 5.99. The number of pyridine rings is 1. The van der Waals surface area contributed by atoms with Crippen molar-refractivity contribution >= 4 is 11.6 Å². The Morgan fingerprint density at radius 1 is 1.35 bits per heavy atom. The van der Waals surface area contributed by atoms with Gasteiger partial charge in [0.25, 0.3) is 5.56 Å². The van der Waals surface area contributed by atoms with Gasteiger partial charge in [-0.1, -0.05) is 0 Å². The third-order valence-corrected chi connectivity index (χ3v) is 2.87. The van der Waals surface area contributed by atoms with E-state index in [0.29, 0.717) is 17.0 Å². The predicted octanol–water partition coefficient (Wildman–Crippen LogP) is 0.489. The Morgan fingerprint density at radius 3 is 2.65 bits per heavy atom. The highest BCUT2D eigenvalue weighted by atomic mass is 16.2. The molecule has 1 amide bonds. The number of carbonyl (C=O) groups is 1. The molecule has 3 N–H and O–H groups in total. The average molecular weight is 273 g/mol. The smallest absolute Gasteiger partial charge is 0.267 e. The largest absolute Gasteiger partial charge is 0.302 e. The molecule has 0 fully saturated rings. The van der Waals surface area contributed by atoms with E-state index in [9.17, 15) is 9.59 Å². The molecule has 7 heteroatoms. The lowest BCUT2D eigenvalue weighted by molar-refractivity contribution is -0.120. The van der Waals surface area contributed by atoms with Crippen LogP contribution in [-0.2, 0) is 11.2 Å². The minimum atomic E-state index is -0.341. The van der Waals surface area contributed by atoms with E-state index < -0.39 is 0 Å². The molecule has 0 aliphatic rings. The van der Waals surface area contributed by atoms with Gasteiger partial charge >= 0.3 is 0 Å². The van der Waals surface area contributed by atoms with E-state index in [1.54, 1.807) is 38.4 Å². The molecule has 20 heavy (non-hydrogen) atoms. The highest BCUT2D eigenvalue weighted by Crippen LogP contribution is 2.00. The van der Waals surface area contributed by atoms with Crippen LogP contribution in [0.1, 0.15) is 23.7 Å². The normalized spacial score (nSPS) is 11.4. The van der Waals surface area contributed by atoms with Crippen LogP contribution in [0, 0.1) is 6.92 Å². The fourth-order valence-corrected chi connectivity index (χ4v) is 1.69. The molecule has 0 spiro atoms. The molecule has 0 unspecified atom stereocenters. The molecule has 0 saturated carbocycles. The second-order valence-electron chi connectivity index (χ2n) is 4.33. The quantitative estimate of drug-likeness (QED) is 0.558. The third kappa shape index (κ3) is 3.19. The Balaban J connectivity index is 2.01. The number of nitrogens with one attached hydrogen (secondary N) is 3. The number of rotatable bonds is 4. The van der Waals surface area contributed by atoms with Gasteiger partial charge in [-0.3, -0.25) is 19.7 Å². The number of carbonyl (C=O) groups excluding carboxylic acids is 1. The van der Waals surface area contributed by atoms with Gasteiger partial charge in [0.1, 0.15) is 0 Å². The maximum atomic E-state index is 11.8. The molecule has 2 aromatic heterocycles. The molecular formula is C13H15N5O2. The number of H-pyrrole nitrogens is 2. The number of hydrazone groups is 1. The lowest BCUT2D eigenvalue weighted by atomic mass is 10.2. The number of aryl methyl sites for hydroxylation is 1. The van der Waals surface area contributed by atoms with E-state index >= 15 is 0 Å². The summed E-state index contributed by atoms with van der Waals surface area (Å²) in [5, 5.41) is 9.10. The number of hydrogen-bond donors (Lipinski definition) is 3. The molecule has 0 atom stereocenters. The van der Waals surface area contributed by atoms with E-state index in [1.165, 1.54) is 0 Å². The zero-order valence-electron chi connectivity index (χ0n) is 11.2. The van der Waals surface area contributed by atoms with Crippen molar-refractivity contribution in [3.8, 4) is 0 Å². The summed E-state index contributed by atoms with van der Waals surface area (Å²) >= 11 is 0. The van der Waals surface area contributed by atoms with Gasteiger partial charge in [0.05, 0.1) is 12.1 Å². The topological polar surface area (TPSA) is 103 Å². The molecule has 0 aliphatic carbocycles. The van der Waals surface area contributed by atoms with Crippen LogP contribution in [0.4, 0.5) is 0 Å². The van der Waals surface area contributed by atoms with Gasteiger partial charge in [-0.15, -0.1) is 0 Å². The SMILES string of the molecule is C/C(=N\NC(=O)Cc1c(C)[nH][nH]c1=O)c1ccncc1. The van der Waals surface area contributed by atoms with Crippen LogP contribution in [0.5, 0.6) is 0 Å². The number of nitrogens with zero attached hydrogens (tertiary/aromatic N) is 2. The predicted molar refractivity (Wildman–Crippen MR) is 74.4 cm³/mol. The van der Waals surface area contributed by atoms with Gasteiger partial charge in [-0.25, -0.2) is 5.43 Å². The Bertz CT molecular complexity index is 684. The molecular weight excluding hydrogens is 258 g/mol. The van der Waals surface area contributed by atoms with Crippen molar-refractivity contribution in [3.63, 3.8) is 0 Å².